The van der Waals surface area contributed by atoms with Gasteiger partial charge in [0.2, 0.25) is 5.91 Å². The molecular formula is C27H29FN4O4. The Morgan fingerprint density at radius 3 is 2.33 bits per heavy atom. The summed E-state index contributed by atoms with van der Waals surface area (Å²) >= 11 is 0. The van der Waals surface area contributed by atoms with Crippen LogP contribution in [0.2, 0.25) is 0 Å². The van der Waals surface area contributed by atoms with E-state index in [1.165, 1.54) is 23.3 Å². The van der Waals surface area contributed by atoms with Crippen molar-refractivity contribution in [3.05, 3.63) is 84.1 Å². The summed E-state index contributed by atoms with van der Waals surface area (Å²) in [5, 5.41) is 2.84. The standard InChI is InChI=1S/C27H29FN4O4/c1-2-13-32(27(35)24-8-5-18-36-24)19-25(33)29-20-9-11-21(12-10-20)30-14-16-31(17-15-30)26(34)22-6-3-4-7-23(22)28/h3-12,18H,2,13-17,19H2,1H3,(H,29,33). The highest BCUT2D eigenvalue weighted by Crippen LogP contribution is 2.21. The maximum Gasteiger partial charge on any atom is 0.290 e. The average molecular weight is 493 g/mol. The number of halogens is 1. The number of hydrogen-bond donors (Lipinski definition) is 1. The lowest BCUT2D eigenvalue weighted by Crippen LogP contribution is -2.49. The SMILES string of the molecule is CCCN(CC(=O)Nc1ccc(N2CCN(C(=O)c3ccccc3F)CC2)cc1)C(=O)c1ccco1. The summed E-state index contributed by atoms with van der Waals surface area (Å²) in [5.74, 6) is -1.22. The van der Waals surface area contributed by atoms with Crippen molar-refractivity contribution in [3.63, 3.8) is 0 Å². The van der Waals surface area contributed by atoms with Gasteiger partial charge in [-0.2, -0.15) is 0 Å². The van der Waals surface area contributed by atoms with Gasteiger partial charge in [-0.25, -0.2) is 4.39 Å². The van der Waals surface area contributed by atoms with E-state index < -0.39 is 5.82 Å². The molecule has 0 aliphatic carbocycles. The van der Waals surface area contributed by atoms with Crippen molar-refractivity contribution in [2.45, 2.75) is 13.3 Å². The first-order valence-corrected chi connectivity index (χ1v) is 12.0. The molecule has 8 nitrogen and oxygen atoms in total. The first kappa shape index (κ1) is 25.0. The van der Waals surface area contributed by atoms with Crippen LogP contribution in [0.1, 0.15) is 34.3 Å². The predicted octanol–water partition coefficient (Wildman–Crippen LogP) is 3.87. The van der Waals surface area contributed by atoms with Crippen LogP contribution >= 0.6 is 0 Å². The summed E-state index contributed by atoms with van der Waals surface area (Å²) in [6, 6.07) is 16.7. The Hall–Kier alpha value is -4.14. The third-order valence-corrected chi connectivity index (χ3v) is 6.03. The van der Waals surface area contributed by atoms with E-state index in [1.807, 2.05) is 31.2 Å². The van der Waals surface area contributed by atoms with Gasteiger partial charge in [0.1, 0.15) is 12.4 Å². The van der Waals surface area contributed by atoms with Gasteiger partial charge in [0, 0.05) is 44.1 Å². The van der Waals surface area contributed by atoms with Gasteiger partial charge in [-0.15, -0.1) is 0 Å². The van der Waals surface area contributed by atoms with Gasteiger partial charge in [0.05, 0.1) is 11.8 Å². The molecule has 0 bridgehead atoms. The van der Waals surface area contributed by atoms with Crippen molar-refractivity contribution in [2.24, 2.45) is 0 Å². The molecule has 3 aromatic rings. The highest BCUT2D eigenvalue weighted by molar-refractivity contribution is 5.98. The Morgan fingerprint density at radius 1 is 0.972 bits per heavy atom. The summed E-state index contributed by atoms with van der Waals surface area (Å²) in [7, 11) is 0. The molecule has 36 heavy (non-hydrogen) atoms. The van der Waals surface area contributed by atoms with Crippen LogP contribution in [0.4, 0.5) is 15.8 Å². The normalized spacial score (nSPS) is 13.4. The smallest absolute Gasteiger partial charge is 0.290 e. The molecule has 0 spiro atoms. The minimum absolute atomic E-state index is 0.0763. The van der Waals surface area contributed by atoms with Gasteiger partial charge >= 0.3 is 0 Å². The topological polar surface area (TPSA) is 86.1 Å². The van der Waals surface area contributed by atoms with Gasteiger partial charge < -0.3 is 24.4 Å². The van der Waals surface area contributed by atoms with Gasteiger partial charge in [-0.1, -0.05) is 19.1 Å². The lowest BCUT2D eigenvalue weighted by molar-refractivity contribution is -0.116. The zero-order valence-electron chi connectivity index (χ0n) is 20.2. The van der Waals surface area contributed by atoms with Gasteiger partial charge in [-0.3, -0.25) is 14.4 Å². The number of amides is 3. The highest BCUT2D eigenvalue weighted by atomic mass is 19.1. The molecule has 3 amide bonds. The second kappa shape index (κ2) is 11.5. The van der Waals surface area contributed by atoms with Crippen LogP contribution in [-0.2, 0) is 4.79 Å². The quantitative estimate of drug-likeness (QED) is 0.516. The van der Waals surface area contributed by atoms with E-state index in [0.717, 1.165) is 5.69 Å². The fourth-order valence-corrected chi connectivity index (χ4v) is 4.18. The molecule has 2 aromatic carbocycles. The Balaban J connectivity index is 1.30. The third-order valence-electron chi connectivity index (χ3n) is 6.03. The van der Waals surface area contributed by atoms with E-state index in [2.05, 4.69) is 10.2 Å². The molecule has 0 radical (unpaired) electrons. The van der Waals surface area contributed by atoms with Crippen molar-refractivity contribution in [1.82, 2.24) is 9.80 Å². The molecule has 1 fully saturated rings. The second-order valence-electron chi connectivity index (χ2n) is 8.56. The molecule has 0 saturated carbocycles. The number of anilines is 2. The van der Waals surface area contributed by atoms with Crippen molar-refractivity contribution in [2.75, 3.05) is 49.5 Å². The summed E-state index contributed by atoms with van der Waals surface area (Å²) in [4.78, 5) is 43.1. The summed E-state index contributed by atoms with van der Waals surface area (Å²) in [6.45, 7) is 4.52. The van der Waals surface area contributed by atoms with E-state index in [4.69, 9.17) is 4.42 Å². The first-order valence-electron chi connectivity index (χ1n) is 12.0. The lowest BCUT2D eigenvalue weighted by atomic mass is 10.1. The molecule has 188 valence electrons. The van der Waals surface area contributed by atoms with Crippen LogP contribution in [0, 0.1) is 5.82 Å². The maximum absolute atomic E-state index is 14.0. The molecule has 0 unspecified atom stereocenters. The van der Waals surface area contributed by atoms with Gasteiger partial charge in [0.25, 0.3) is 11.8 Å². The van der Waals surface area contributed by atoms with E-state index >= 15 is 0 Å². The first-order chi connectivity index (χ1) is 17.5. The van der Waals surface area contributed by atoms with E-state index in [-0.39, 0.29) is 35.6 Å². The highest BCUT2D eigenvalue weighted by Gasteiger charge is 2.24. The molecular weight excluding hydrogens is 463 g/mol. The van der Waals surface area contributed by atoms with E-state index in [0.29, 0.717) is 44.8 Å². The molecule has 2 heterocycles. The molecule has 0 atom stereocenters. The number of carbonyl (C=O) groups excluding carboxylic acids is 3. The van der Waals surface area contributed by atoms with E-state index in [1.54, 1.807) is 29.2 Å². The monoisotopic (exact) mass is 492 g/mol. The van der Waals surface area contributed by atoms with Crippen molar-refractivity contribution in [1.29, 1.82) is 0 Å². The third kappa shape index (κ3) is 5.91. The Bertz CT molecular complexity index is 1190. The summed E-state index contributed by atoms with van der Waals surface area (Å²) in [6.07, 6.45) is 2.15. The molecule has 4 rings (SSSR count). The molecule has 1 aliphatic rings. The van der Waals surface area contributed by atoms with Crippen LogP contribution in [-0.4, -0.2) is 66.8 Å². The number of nitrogens with one attached hydrogen (secondary N) is 1. The van der Waals surface area contributed by atoms with Crippen molar-refractivity contribution in [3.8, 4) is 0 Å². The Labute approximate surface area is 209 Å². The number of hydrogen-bond acceptors (Lipinski definition) is 5. The lowest BCUT2D eigenvalue weighted by Gasteiger charge is -2.36. The van der Waals surface area contributed by atoms with Crippen LogP contribution in [0.15, 0.2) is 71.3 Å². The minimum atomic E-state index is -0.509. The number of piperazine rings is 1. The summed E-state index contributed by atoms with van der Waals surface area (Å²) < 4.78 is 19.1. The zero-order valence-corrected chi connectivity index (χ0v) is 20.2. The van der Waals surface area contributed by atoms with Crippen molar-refractivity contribution < 1.29 is 23.2 Å². The Morgan fingerprint density at radius 2 is 1.69 bits per heavy atom. The average Bonchev–Trinajstić information content (AvgIpc) is 3.44. The van der Waals surface area contributed by atoms with E-state index in [9.17, 15) is 18.8 Å². The minimum Gasteiger partial charge on any atom is -0.459 e. The van der Waals surface area contributed by atoms with Crippen LogP contribution in [0.3, 0.4) is 0 Å². The van der Waals surface area contributed by atoms with Gasteiger partial charge in [-0.05, 0) is 55.0 Å². The molecule has 1 N–H and O–H groups in total. The van der Waals surface area contributed by atoms with Crippen LogP contribution in [0.5, 0.6) is 0 Å². The second-order valence-corrected chi connectivity index (χ2v) is 8.56. The van der Waals surface area contributed by atoms with Crippen LogP contribution < -0.4 is 10.2 Å². The number of carbonyl (C=O) groups is 3. The largest absolute Gasteiger partial charge is 0.459 e. The fourth-order valence-electron chi connectivity index (χ4n) is 4.18. The number of furan rings is 1. The summed E-state index contributed by atoms with van der Waals surface area (Å²) in [5.41, 5.74) is 1.68. The maximum atomic E-state index is 14.0. The zero-order chi connectivity index (χ0) is 25.5. The number of rotatable bonds is 8. The van der Waals surface area contributed by atoms with Gasteiger partial charge in [0.15, 0.2) is 5.76 Å². The Kier molecular flexibility index (Phi) is 7.99. The predicted molar refractivity (Wildman–Crippen MR) is 134 cm³/mol. The number of nitrogens with zero attached hydrogens (tertiary/aromatic N) is 3. The molecule has 1 aliphatic heterocycles. The number of benzene rings is 2. The van der Waals surface area contributed by atoms with Crippen LogP contribution in [0.25, 0.3) is 0 Å². The fraction of sp³-hybridized carbons (Fsp3) is 0.296. The molecule has 9 heteroatoms. The molecule has 1 aromatic heterocycles. The van der Waals surface area contributed by atoms with Crippen molar-refractivity contribution >= 4 is 29.1 Å². The molecule has 1 saturated heterocycles.